The van der Waals surface area contributed by atoms with E-state index in [-0.39, 0.29) is 12.1 Å². The van der Waals surface area contributed by atoms with Crippen LogP contribution in [0, 0.1) is 0 Å². The fourth-order valence-electron chi connectivity index (χ4n) is 1.86. The molecule has 0 aromatic rings. The van der Waals surface area contributed by atoms with Gasteiger partial charge in [-0.25, -0.2) is 0 Å². The smallest absolute Gasteiger partial charge is 0.328 e. The lowest BCUT2D eigenvalue weighted by Crippen LogP contribution is -2.56. The third-order valence-electron chi connectivity index (χ3n) is 3.05. The van der Waals surface area contributed by atoms with Crippen molar-refractivity contribution >= 4 is 0 Å². The zero-order valence-electron chi connectivity index (χ0n) is 9.19. The van der Waals surface area contributed by atoms with Crippen LogP contribution in [0.5, 0.6) is 0 Å². The normalized spacial score (nSPS) is 29.2. The minimum absolute atomic E-state index is 0.0542. The minimum Gasteiger partial charge on any atom is -0.328 e. The predicted octanol–water partition coefficient (Wildman–Crippen LogP) is 2.19. The first-order valence-corrected chi connectivity index (χ1v) is 5.32. The highest BCUT2D eigenvalue weighted by molar-refractivity contribution is 4.91. The van der Waals surface area contributed by atoms with E-state index in [2.05, 4.69) is 5.32 Å². The van der Waals surface area contributed by atoms with Crippen LogP contribution in [0.1, 0.15) is 39.5 Å². The van der Waals surface area contributed by atoms with Crippen molar-refractivity contribution in [2.45, 2.75) is 63.3 Å². The molecule has 0 aromatic heterocycles. The van der Waals surface area contributed by atoms with Crippen molar-refractivity contribution in [1.82, 2.24) is 5.32 Å². The molecule has 0 aliphatic heterocycles. The number of halogens is 3. The second-order valence-corrected chi connectivity index (χ2v) is 4.88. The van der Waals surface area contributed by atoms with Crippen LogP contribution in [-0.2, 0) is 0 Å². The van der Waals surface area contributed by atoms with Crippen molar-refractivity contribution in [1.29, 1.82) is 0 Å². The molecule has 15 heavy (non-hydrogen) atoms. The van der Waals surface area contributed by atoms with Gasteiger partial charge in [-0.2, -0.15) is 13.2 Å². The molecule has 1 aliphatic carbocycles. The van der Waals surface area contributed by atoms with Crippen molar-refractivity contribution in [3.8, 4) is 0 Å². The zero-order valence-corrected chi connectivity index (χ0v) is 9.19. The van der Waals surface area contributed by atoms with E-state index in [4.69, 9.17) is 5.73 Å². The van der Waals surface area contributed by atoms with Gasteiger partial charge in [0, 0.05) is 12.1 Å². The summed E-state index contributed by atoms with van der Waals surface area (Å²) in [6.45, 7) is 2.36. The fourth-order valence-corrected chi connectivity index (χ4v) is 1.86. The van der Waals surface area contributed by atoms with E-state index in [9.17, 15) is 13.2 Å². The molecule has 0 aromatic carbocycles. The average molecular weight is 224 g/mol. The van der Waals surface area contributed by atoms with Gasteiger partial charge in [0.25, 0.3) is 0 Å². The molecule has 90 valence electrons. The summed E-state index contributed by atoms with van der Waals surface area (Å²) in [6, 6.07) is 0.110. The van der Waals surface area contributed by atoms with Gasteiger partial charge in [0.2, 0.25) is 0 Å². The summed E-state index contributed by atoms with van der Waals surface area (Å²) in [5, 5.41) is 2.68. The lowest BCUT2D eigenvalue weighted by atomic mass is 9.89. The van der Waals surface area contributed by atoms with Crippen molar-refractivity contribution in [2.24, 2.45) is 5.73 Å². The van der Waals surface area contributed by atoms with Gasteiger partial charge < -0.3 is 11.1 Å². The van der Waals surface area contributed by atoms with E-state index in [1.165, 1.54) is 13.8 Å². The van der Waals surface area contributed by atoms with Crippen LogP contribution < -0.4 is 11.1 Å². The maximum absolute atomic E-state index is 12.6. The molecular weight excluding hydrogens is 205 g/mol. The van der Waals surface area contributed by atoms with Gasteiger partial charge in [-0.3, -0.25) is 0 Å². The van der Waals surface area contributed by atoms with Crippen molar-refractivity contribution in [3.63, 3.8) is 0 Å². The Balaban J connectivity index is 2.48. The molecule has 1 saturated carbocycles. The molecule has 1 fully saturated rings. The number of nitrogens with two attached hydrogens (primary N) is 1. The summed E-state index contributed by atoms with van der Waals surface area (Å²) in [5.74, 6) is 0. The van der Waals surface area contributed by atoms with E-state index < -0.39 is 11.7 Å². The Kier molecular flexibility index (Phi) is 3.66. The Hall–Kier alpha value is -0.290. The first-order chi connectivity index (χ1) is 6.72. The molecular formula is C10H19F3N2. The van der Waals surface area contributed by atoms with Crippen LogP contribution >= 0.6 is 0 Å². The molecule has 0 bridgehead atoms. The Morgan fingerprint density at radius 1 is 1.07 bits per heavy atom. The van der Waals surface area contributed by atoms with Crippen molar-refractivity contribution < 1.29 is 13.2 Å². The summed E-state index contributed by atoms with van der Waals surface area (Å²) in [6.07, 6.45) is -1.11. The molecule has 5 heteroatoms. The summed E-state index contributed by atoms with van der Waals surface area (Å²) in [4.78, 5) is 0. The van der Waals surface area contributed by atoms with Crippen LogP contribution in [-0.4, -0.2) is 23.8 Å². The third kappa shape index (κ3) is 3.34. The predicted molar refractivity (Wildman–Crippen MR) is 53.5 cm³/mol. The van der Waals surface area contributed by atoms with Gasteiger partial charge in [-0.15, -0.1) is 0 Å². The molecule has 0 amide bonds. The fraction of sp³-hybridized carbons (Fsp3) is 1.00. The molecule has 0 spiro atoms. The lowest BCUT2D eigenvalue weighted by molar-refractivity contribution is -0.188. The quantitative estimate of drug-likeness (QED) is 0.754. The highest BCUT2D eigenvalue weighted by Crippen LogP contribution is 2.31. The first-order valence-electron chi connectivity index (χ1n) is 5.32. The molecule has 0 heterocycles. The Morgan fingerprint density at radius 3 is 1.93 bits per heavy atom. The van der Waals surface area contributed by atoms with E-state index in [1.54, 1.807) is 0 Å². The standard InChI is InChI=1S/C10H19F3N2/c1-9(2,10(11,12)13)15-8-5-3-7(14)4-6-8/h7-8,15H,3-6,14H2,1-2H3/t7-,8-. The average Bonchev–Trinajstić information content (AvgIpc) is 2.06. The van der Waals surface area contributed by atoms with Crippen LogP contribution in [0.4, 0.5) is 13.2 Å². The van der Waals surface area contributed by atoms with Gasteiger partial charge in [0.15, 0.2) is 0 Å². The van der Waals surface area contributed by atoms with Gasteiger partial charge in [-0.05, 0) is 39.5 Å². The van der Waals surface area contributed by atoms with Crippen molar-refractivity contribution in [2.75, 3.05) is 0 Å². The number of hydrogen-bond acceptors (Lipinski definition) is 2. The molecule has 2 nitrogen and oxygen atoms in total. The third-order valence-corrected chi connectivity index (χ3v) is 3.05. The molecule has 0 radical (unpaired) electrons. The van der Waals surface area contributed by atoms with E-state index >= 15 is 0 Å². The SMILES string of the molecule is CC(C)(N[C@H]1CC[C@H](N)CC1)C(F)(F)F. The number of nitrogens with one attached hydrogen (secondary N) is 1. The summed E-state index contributed by atoms with van der Waals surface area (Å²) in [7, 11) is 0. The molecule has 1 rings (SSSR count). The monoisotopic (exact) mass is 224 g/mol. The Morgan fingerprint density at radius 2 is 1.53 bits per heavy atom. The lowest BCUT2D eigenvalue weighted by Gasteiger charge is -2.36. The maximum Gasteiger partial charge on any atom is 0.406 e. The maximum atomic E-state index is 12.6. The second kappa shape index (κ2) is 4.29. The van der Waals surface area contributed by atoms with E-state index in [0.29, 0.717) is 0 Å². The van der Waals surface area contributed by atoms with E-state index in [0.717, 1.165) is 25.7 Å². The van der Waals surface area contributed by atoms with Crippen LogP contribution in [0.15, 0.2) is 0 Å². The van der Waals surface area contributed by atoms with E-state index in [1.807, 2.05) is 0 Å². The summed E-state index contributed by atoms with van der Waals surface area (Å²) >= 11 is 0. The van der Waals surface area contributed by atoms with Crippen molar-refractivity contribution in [3.05, 3.63) is 0 Å². The van der Waals surface area contributed by atoms with Crippen LogP contribution in [0.2, 0.25) is 0 Å². The first kappa shape index (κ1) is 12.8. The highest BCUT2D eigenvalue weighted by Gasteiger charge is 2.48. The van der Waals surface area contributed by atoms with Gasteiger partial charge in [-0.1, -0.05) is 0 Å². The van der Waals surface area contributed by atoms with Gasteiger partial charge in [0.05, 0.1) is 0 Å². The molecule has 3 N–H and O–H groups in total. The number of rotatable bonds is 2. The number of hydrogen-bond donors (Lipinski definition) is 2. The highest BCUT2D eigenvalue weighted by atomic mass is 19.4. The molecule has 0 unspecified atom stereocenters. The second-order valence-electron chi connectivity index (χ2n) is 4.88. The van der Waals surface area contributed by atoms with Crippen LogP contribution in [0.3, 0.4) is 0 Å². The topological polar surface area (TPSA) is 38.0 Å². The minimum atomic E-state index is -4.20. The Bertz CT molecular complexity index is 205. The zero-order chi connectivity index (χ0) is 11.7. The summed E-state index contributed by atoms with van der Waals surface area (Å²) in [5.41, 5.74) is 3.89. The molecule has 0 saturated heterocycles. The largest absolute Gasteiger partial charge is 0.406 e. The number of alkyl halides is 3. The molecule has 0 atom stereocenters. The Labute approximate surface area is 88.4 Å². The van der Waals surface area contributed by atoms with Crippen LogP contribution in [0.25, 0.3) is 0 Å². The van der Waals surface area contributed by atoms with Gasteiger partial charge in [0.1, 0.15) is 5.54 Å². The van der Waals surface area contributed by atoms with Gasteiger partial charge >= 0.3 is 6.18 Å². The summed E-state index contributed by atoms with van der Waals surface area (Å²) < 4.78 is 37.7. The molecule has 1 aliphatic rings.